The van der Waals surface area contributed by atoms with E-state index in [0.717, 1.165) is 42.7 Å². The molecular weight excluding hydrogens is 352 g/mol. The van der Waals surface area contributed by atoms with E-state index in [9.17, 15) is 9.90 Å². The third-order valence-corrected chi connectivity index (χ3v) is 6.38. The number of thioether (sulfide) groups is 2. The van der Waals surface area contributed by atoms with Gasteiger partial charge in [0, 0.05) is 24.3 Å². The van der Waals surface area contributed by atoms with Crippen LogP contribution in [0.3, 0.4) is 0 Å². The second kappa shape index (κ2) is 10.0. The minimum Gasteiger partial charge on any atom is -0.507 e. The molecule has 6 heteroatoms. The summed E-state index contributed by atoms with van der Waals surface area (Å²) in [7, 11) is 0. The quantitative estimate of drug-likeness (QED) is 0.549. The van der Waals surface area contributed by atoms with Gasteiger partial charge in [-0.15, -0.1) is 4.58 Å². The van der Waals surface area contributed by atoms with Gasteiger partial charge in [-0.3, -0.25) is 0 Å². The highest BCUT2D eigenvalue weighted by Gasteiger charge is 2.37. The molecule has 0 aromatic heterocycles. The first kappa shape index (κ1) is 20.1. The van der Waals surface area contributed by atoms with Crippen LogP contribution in [0.1, 0.15) is 32.8 Å². The number of aromatic hydroxyl groups is 1. The second-order valence-corrected chi connectivity index (χ2v) is 8.25. The molecule has 1 amide bonds. The topological polar surface area (TPSA) is 43.5 Å². The van der Waals surface area contributed by atoms with Gasteiger partial charge in [0.25, 0.3) is 4.38 Å². The molecule has 1 aromatic rings. The third-order valence-electron chi connectivity index (χ3n) is 4.12. The van der Waals surface area contributed by atoms with E-state index < -0.39 is 0 Å². The van der Waals surface area contributed by atoms with Crippen molar-refractivity contribution in [3.8, 4) is 5.75 Å². The fourth-order valence-electron chi connectivity index (χ4n) is 2.67. The van der Waals surface area contributed by atoms with Crippen LogP contribution in [0.4, 0.5) is 0 Å². The van der Waals surface area contributed by atoms with Gasteiger partial charge in [0.1, 0.15) is 10.7 Å². The summed E-state index contributed by atoms with van der Waals surface area (Å²) in [5.41, 5.74) is 0.684. The highest BCUT2D eigenvalue weighted by Crippen LogP contribution is 2.34. The number of carbonyl (C=O) groups is 1. The van der Waals surface area contributed by atoms with Crippen LogP contribution in [0, 0.1) is 0 Å². The highest BCUT2D eigenvalue weighted by atomic mass is 32.2. The van der Waals surface area contributed by atoms with Crippen molar-refractivity contribution in [3.05, 3.63) is 34.7 Å². The number of phenols is 1. The van der Waals surface area contributed by atoms with Crippen LogP contribution in [-0.4, -0.2) is 56.8 Å². The van der Waals surface area contributed by atoms with E-state index in [4.69, 9.17) is 0 Å². The fraction of sp³-hybridized carbons (Fsp3) is 0.474. The number of benzene rings is 1. The van der Waals surface area contributed by atoms with Crippen LogP contribution in [0.2, 0.25) is 0 Å². The minimum atomic E-state index is 0.0451. The summed E-state index contributed by atoms with van der Waals surface area (Å²) in [5.74, 6) is 1.18. The first-order chi connectivity index (χ1) is 12.1. The number of phenolic OH excluding ortho intramolecular Hbond substituents is 1. The van der Waals surface area contributed by atoms with Crippen LogP contribution < -0.4 is 0 Å². The van der Waals surface area contributed by atoms with Crippen molar-refractivity contribution in [2.24, 2.45) is 0 Å². The summed E-state index contributed by atoms with van der Waals surface area (Å²) < 4.78 is 2.95. The molecule has 1 aliphatic heterocycles. The van der Waals surface area contributed by atoms with Crippen LogP contribution in [0.5, 0.6) is 5.75 Å². The van der Waals surface area contributed by atoms with E-state index in [2.05, 4.69) is 25.7 Å². The van der Waals surface area contributed by atoms with Crippen LogP contribution in [0.25, 0.3) is 6.08 Å². The molecule has 1 aromatic carbocycles. The van der Waals surface area contributed by atoms with Crippen LogP contribution in [-0.2, 0) is 4.79 Å². The highest BCUT2D eigenvalue weighted by molar-refractivity contribution is 8.40. The largest absolute Gasteiger partial charge is 0.507 e. The number of para-hydroxylation sites is 1. The maximum Gasteiger partial charge on any atom is 0.427 e. The molecule has 0 unspecified atom stereocenters. The van der Waals surface area contributed by atoms with E-state index in [0.29, 0.717) is 10.5 Å². The first-order valence-electron chi connectivity index (χ1n) is 8.82. The van der Waals surface area contributed by atoms with Crippen molar-refractivity contribution in [2.45, 2.75) is 27.2 Å². The van der Waals surface area contributed by atoms with Gasteiger partial charge in [0.05, 0.1) is 0 Å². The van der Waals surface area contributed by atoms with Crippen molar-refractivity contribution in [2.75, 3.05) is 31.9 Å². The van der Waals surface area contributed by atoms with Crippen molar-refractivity contribution in [1.82, 2.24) is 4.90 Å². The molecule has 1 heterocycles. The Balaban J connectivity index is 2.12. The zero-order valence-electron chi connectivity index (χ0n) is 15.2. The Labute approximate surface area is 159 Å². The molecule has 1 aliphatic rings. The summed E-state index contributed by atoms with van der Waals surface area (Å²) in [4.78, 5) is 15.9. The molecule has 4 nitrogen and oxygen atoms in total. The zero-order valence-corrected chi connectivity index (χ0v) is 16.8. The van der Waals surface area contributed by atoms with Gasteiger partial charge in [0.2, 0.25) is 0 Å². The van der Waals surface area contributed by atoms with Gasteiger partial charge in [-0.05, 0) is 48.8 Å². The average molecular weight is 380 g/mol. The Bertz CT molecular complexity index is 667. The second-order valence-electron chi connectivity index (χ2n) is 5.71. The summed E-state index contributed by atoms with van der Waals surface area (Å²) >= 11 is 3.23. The number of hydrogen-bond donors (Lipinski definition) is 1. The maximum absolute atomic E-state index is 12.8. The molecule has 0 radical (unpaired) electrons. The van der Waals surface area contributed by atoms with Gasteiger partial charge in [0.15, 0.2) is 6.54 Å². The lowest BCUT2D eigenvalue weighted by Crippen LogP contribution is -2.28. The Kier molecular flexibility index (Phi) is 8.06. The number of carbonyl (C=O) groups excluding carboxylic acids is 1. The minimum absolute atomic E-state index is 0.0451. The van der Waals surface area contributed by atoms with Crippen molar-refractivity contribution >= 4 is 39.9 Å². The third kappa shape index (κ3) is 5.36. The van der Waals surface area contributed by atoms with Crippen molar-refractivity contribution in [3.63, 3.8) is 0 Å². The average Bonchev–Trinajstić information content (AvgIpc) is 2.90. The molecule has 0 saturated carbocycles. The Morgan fingerprint density at radius 2 is 1.96 bits per heavy atom. The monoisotopic (exact) mass is 379 g/mol. The number of nitrogens with zero attached hydrogens (tertiary/aromatic N) is 2. The van der Waals surface area contributed by atoms with Crippen LogP contribution >= 0.6 is 23.5 Å². The maximum atomic E-state index is 12.8. The van der Waals surface area contributed by atoms with Crippen molar-refractivity contribution in [1.29, 1.82) is 0 Å². The number of amides is 1. The Morgan fingerprint density at radius 3 is 2.60 bits per heavy atom. The lowest BCUT2D eigenvalue weighted by atomic mass is 10.2. The predicted octanol–water partition coefficient (Wildman–Crippen LogP) is 3.86. The van der Waals surface area contributed by atoms with E-state index >= 15 is 0 Å². The molecule has 0 aliphatic carbocycles. The normalized spacial score (nSPS) is 16.5. The lowest BCUT2D eigenvalue weighted by Gasteiger charge is -2.16. The molecule has 1 N–H and O–H groups in total. The van der Waals surface area contributed by atoms with Gasteiger partial charge in [-0.25, -0.2) is 4.79 Å². The van der Waals surface area contributed by atoms with Gasteiger partial charge < -0.3 is 10.0 Å². The Hall–Kier alpha value is -1.24. The molecular formula is C19H27N2O2S2+. The molecule has 0 atom stereocenters. The summed E-state index contributed by atoms with van der Waals surface area (Å²) in [6.07, 6.45) is 2.76. The molecule has 2 rings (SSSR count). The number of rotatable bonds is 8. The smallest absolute Gasteiger partial charge is 0.427 e. The molecule has 0 fully saturated rings. The van der Waals surface area contributed by atoms with E-state index in [1.54, 1.807) is 30.0 Å². The van der Waals surface area contributed by atoms with Crippen molar-refractivity contribution < 1.29 is 14.5 Å². The molecule has 0 spiro atoms. The Morgan fingerprint density at radius 1 is 1.24 bits per heavy atom. The number of hydrogen-bond acceptors (Lipinski definition) is 5. The lowest BCUT2D eigenvalue weighted by molar-refractivity contribution is -0.438. The van der Waals surface area contributed by atoms with Gasteiger partial charge in [-0.2, -0.15) is 0 Å². The molecule has 136 valence electrons. The van der Waals surface area contributed by atoms with Gasteiger partial charge >= 0.3 is 5.91 Å². The van der Waals surface area contributed by atoms with E-state index in [1.807, 2.05) is 16.7 Å². The molecule has 0 bridgehead atoms. The molecule has 0 saturated heterocycles. The standard InChI is InChI=1S/C19H26N2O2S2/c1-4-20(5-2)12-9-13-21-18(23)17(25-19(21)24-6-3)14-15-10-7-8-11-16(15)22/h7-8,10-11,14H,4-6,9,12-13H2,1-3H3/p+1. The fourth-order valence-corrected chi connectivity index (χ4v) is 4.96. The molecule has 25 heavy (non-hydrogen) atoms. The van der Waals surface area contributed by atoms with Crippen LogP contribution in [0.15, 0.2) is 29.2 Å². The summed E-state index contributed by atoms with van der Waals surface area (Å²) in [6, 6.07) is 7.12. The summed E-state index contributed by atoms with van der Waals surface area (Å²) in [6.45, 7) is 10.3. The van der Waals surface area contributed by atoms with E-state index in [1.165, 1.54) is 11.8 Å². The van der Waals surface area contributed by atoms with Gasteiger partial charge in [-0.1, -0.05) is 39.0 Å². The SMILES string of the molecule is CCSC1=[N+](CCCN(CC)CC)C(=O)/C(=C/c2ccccc2O)S1. The predicted molar refractivity (Wildman–Crippen MR) is 109 cm³/mol. The zero-order chi connectivity index (χ0) is 18.2. The first-order valence-corrected chi connectivity index (χ1v) is 10.6. The summed E-state index contributed by atoms with van der Waals surface area (Å²) in [5, 5.41) is 9.95. The van der Waals surface area contributed by atoms with E-state index in [-0.39, 0.29) is 11.7 Å².